The van der Waals surface area contributed by atoms with Crippen LogP contribution in [0.2, 0.25) is 0 Å². The SMILES string of the molecule is C/C(=C1/C(=C(C#N)c2c(F)c(F)c(C#N)c(F)c2F)/C1=C(\C)c1c(F)c(F)c(C)c(F)c1F)c1c(F)c(F)c(CC#N)c(F)c1F. The molecule has 3 nitrogen and oxygen atoms in total. The summed E-state index contributed by atoms with van der Waals surface area (Å²) in [5.41, 5.74) is -14.9. The molecule has 15 heteroatoms. The first kappa shape index (κ1) is 33.4. The van der Waals surface area contributed by atoms with Crippen LogP contribution >= 0.6 is 0 Å². The Morgan fingerprint density at radius 3 is 1.22 bits per heavy atom. The zero-order valence-corrected chi connectivity index (χ0v) is 23.1. The number of rotatable bonds is 4. The Labute approximate surface area is 250 Å². The Morgan fingerprint density at radius 1 is 0.500 bits per heavy atom. The smallest absolute Gasteiger partial charge is 0.180 e. The van der Waals surface area contributed by atoms with E-state index in [4.69, 9.17) is 10.5 Å². The van der Waals surface area contributed by atoms with Gasteiger partial charge in [0.25, 0.3) is 0 Å². The van der Waals surface area contributed by atoms with Crippen molar-refractivity contribution in [1.29, 1.82) is 15.8 Å². The molecule has 0 bridgehead atoms. The second-order valence-electron chi connectivity index (χ2n) is 9.68. The van der Waals surface area contributed by atoms with Crippen molar-refractivity contribution in [2.75, 3.05) is 0 Å². The molecule has 3 aromatic carbocycles. The summed E-state index contributed by atoms with van der Waals surface area (Å²) in [6.07, 6.45) is -1.15. The third kappa shape index (κ3) is 4.69. The van der Waals surface area contributed by atoms with Gasteiger partial charge in [-0.2, -0.15) is 15.8 Å². The highest BCUT2D eigenvalue weighted by molar-refractivity contribution is 6.08. The molecule has 1 saturated carbocycles. The summed E-state index contributed by atoms with van der Waals surface area (Å²) < 4.78 is 178. The molecular weight excluding hydrogens is 642 g/mol. The molecule has 0 saturated heterocycles. The molecule has 1 fully saturated rings. The van der Waals surface area contributed by atoms with Crippen LogP contribution < -0.4 is 0 Å². The van der Waals surface area contributed by atoms with E-state index in [0.717, 1.165) is 13.0 Å². The van der Waals surface area contributed by atoms with Gasteiger partial charge in [-0.25, -0.2) is 52.7 Å². The van der Waals surface area contributed by atoms with Crippen LogP contribution in [-0.2, 0) is 6.42 Å². The minimum absolute atomic E-state index is 0.666. The molecule has 4 rings (SSSR count). The maximum Gasteiger partial charge on any atom is 0.180 e. The van der Waals surface area contributed by atoms with Gasteiger partial charge in [0.2, 0.25) is 0 Å². The molecular formula is C31H11F12N3. The first-order chi connectivity index (χ1) is 21.5. The Balaban J connectivity index is 2.26. The summed E-state index contributed by atoms with van der Waals surface area (Å²) in [7, 11) is 0. The number of nitriles is 3. The Bertz CT molecular complexity index is 2070. The van der Waals surface area contributed by atoms with Gasteiger partial charge < -0.3 is 0 Å². The monoisotopic (exact) mass is 653 g/mol. The van der Waals surface area contributed by atoms with E-state index in [1.807, 2.05) is 0 Å². The summed E-state index contributed by atoms with van der Waals surface area (Å²) in [4.78, 5) is 0. The van der Waals surface area contributed by atoms with Gasteiger partial charge in [0.15, 0.2) is 69.8 Å². The summed E-state index contributed by atoms with van der Waals surface area (Å²) in [6.45, 7) is 2.11. The molecule has 0 aliphatic heterocycles. The molecule has 0 spiro atoms. The van der Waals surface area contributed by atoms with Crippen LogP contribution in [-0.4, -0.2) is 0 Å². The second kappa shape index (κ2) is 11.8. The van der Waals surface area contributed by atoms with Crippen LogP contribution in [0.25, 0.3) is 16.7 Å². The summed E-state index contributed by atoms with van der Waals surface area (Å²) >= 11 is 0. The zero-order chi connectivity index (χ0) is 34.7. The lowest BCUT2D eigenvalue weighted by molar-refractivity contribution is 0.439. The van der Waals surface area contributed by atoms with E-state index in [0.29, 0.717) is 13.8 Å². The van der Waals surface area contributed by atoms with Crippen LogP contribution in [0.3, 0.4) is 0 Å². The van der Waals surface area contributed by atoms with E-state index < -0.39 is 143 Å². The molecule has 0 N–H and O–H groups in total. The van der Waals surface area contributed by atoms with Gasteiger partial charge in [0.05, 0.1) is 34.8 Å². The van der Waals surface area contributed by atoms with Crippen LogP contribution in [0.1, 0.15) is 47.2 Å². The van der Waals surface area contributed by atoms with E-state index in [9.17, 15) is 40.4 Å². The summed E-state index contributed by atoms with van der Waals surface area (Å²) in [5.74, 6) is -25.5. The van der Waals surface area contributed by atoms with Gasteiger partial charge in [0.1, 0.15) is 17.7 Å². The van der Waals surface area contributed by atoms with E-state index in [1.165, 1.54) is 12.1 Å². The Kier molecular flexibility index (Phi) is 8.56. The van der Waals surface area contributed by atoms with Gasteiger partial charge in [-0.3, -0.25) is 0 Å². The van der Waals surface area contributed by atoms with E-state index >= 15 is 17.6 Å². The molecule has 1 aliphatic carbocycles. The average Bonchev–Trinajstić information content (AvgIpc) is 3.77. The molecule has 3 aromatic rings. The lowest BCUT2D eigenvalue weighted by Gasteiger charge is -2.11. The van der Waals surface area contributed by atoms with Gasteiger partial charge >= 0.3 is 0 Å². The number of hydrogen-bond donors (Lipinski definition) is 0. The quantitative estimate of drug-likeness (QED) is 0.161. The lowest BCUT2D eigenvalue weighted by atomic mass is 9.98. The predicted octanol–water partition coefficient (Wildman–Crippen LogP) is 8.84. The van der Waals surface area contributed by atoms with Crippen molar-refractivity contribution >= 4 is 16.7 Å². The molecule has 0 aromatic heterocycles. The van der Waals surface area contributed by atoms with Crippen molar-refractivity contribution < 1.29 is 52.7 Å². The fraction of sp³-hybridized carbons (Fsp3) is 0.129. The van der Waals surface area contributed by atoms with E-state index in [-0.39, 0.29) is 0 Å². The van der Waals surface area contributed by atoms with Crippen LogP contribution in [0, 0.1) is 111 Å². The number of nitrogens with zero attached hydrogens (tertiary/aromatic N) is 3. The fourth-order valence-electron chi connectivity index (χ4n) is 4.93. The maximum atomic E-state index is 15.2. The first-order valence-electron chi connectivity index (χ1n) is 12.4. The van der Waals surface area contributed by atoms with Crippen molar-refractivity contribution in [1.82, 2.24) is 0 Å². The average molecular weight is 653 g/mol. The third-order valence-corrected chi connectivity index (χ3v) is 7.27. The Morgan fingerprint density at radius 2 is 0.870 bits per heavy atom. The highest BCUT2D eigenvalue weighted by Crippen LogP contribution is 2.57. The fourth-order valence-corrected chi connectivity index (χ4v) is 4.93. The molecule has 0 atom stereocenters. The highest BCUT2D eigenvalue weighted by atomic mass is 19.2. The molecule has 46 heavy (non-hydrogen) atoms. The molecule has 0 radical (unpaired) electrons. The van der Waals surface area contributed by atoms with Crippen molar-refractivity contribution in [3.05, 3.63) is 120 Å². The number of allylic oxidation sites excluding steroid dienone is 6. The minimum Gasteiger partial charge on any atom is -0.203 e. The number of benzene rings is 3. The molecule has 1 aliphatic rings. The van der Waals surface area contributed by atoms with Gasteiger partial charge in [0, 0.05) is 16.7 Å². The summed E-state index contributed by atoms with van der Waals surface area (Å²) in [5, 5.41) is 27.5. The first-order valence-corrected chi connectivity index (χ1v) is 12.4. The van der Waals surface area contributed by atoms with Gasteiger partial charge in [-0.15, -0.1) is 0 Å². The number of hydrogen-bond acceptors (Lipinski definition) is 3. The standard InChI is InChI=1S/C31H11F12N3/c1-8(16-26(38)20(32)10(3)21(33)27(16)39)14-15(9(2)17-28(40)22(34)11(4-5-44)23(35)29(17)41)18(14)12(6-45)19-30(42)24(36)13(7-46)25(37)31(19)43/h4H2,1-3H3/b14-8+,15-9-,18-12?. The predicted molar refractivity (Wildman–Crippen MR) is 135 cm³/mol. The molecule has 0 unspecified atom stereocenters. The van der Waals surface area contributed by atoms with E-state index in [1.54, 1.807) is 0 Å². The van der Waals surface area contributed by atoms with Crippen molar-refractivity contribution in [3.8, 4) is 18.2 Å². The Hall–Kier alpha value is -5.49. The topological polar surface area (TPSA) is 71.4 Å². The molecule has 0 heterocycles. The largest absolute Gasteiger partial charge is 0.203 e. The highest BCUT2D eigenvalue weighted by Gasteiger charge is 2.43. The molecule has 0 amide bonds. The second-order valence-corrected chi connectivity index (χ2v) is 9.68. The van der Waals surface area contributed by atoms with Crippen molar-refractivity contribution in [3.63, 3.8) is 0 Å². The summed E-state index contributed by atoms with van der Waals surface area (Å²) in [6, 6.07) is 3.31. The minimum atomic E-state index is -2.33. The van der Waals surface area contributed by atoms with Crippen LogP contribution in [0.15, 0.2) is 16.7 Å². The molecule has 234 valence electrons. The van der Waals surface area contributed by atoms with Crippen LogP contribution in [0.5, 0.6) is 0 Å². The lowest BCUT2D eigenvalue weighted by Crippen LogP contribution is -2.07. The van der Waals surface area contributed by atoms with Crippen molar-refractivity contribution in [2.45, 2.75) is 27.2 Å². The van der Waals surface area contributed by atoms with Crippen molar-refractivity contribution in [2.24, 2.45) is 0 Å². The maximum absolute atomic E-state index is 15.2. The van der Waals surface area contributed by atoms with E-state index in [2.05, 4.69) is 0 Å². The number of halogens is 12. The van der Waals surface area contributed by atoms with Gasteiger partial charge in [-0.05, 0) is 43.1 Å². The zero-order valence-electron chi connectivity index (χ0n) is 23.1. The van der Waals surface area contributed by atoms with Crippen LogP contribution in [0.4, 0.5) is 52.7 Å². The normalized spacial score (nSPS) is 15.7. The third-order valence-electron chi connectivity index (χ3n) is 7.27. The van der Waals surface area contributed by atoms with Gasteiger partial charge in [-0.1, -0.05) is 0 Å².